The largest absolute Gasteiger partial charge is 0.334 e. The van der Waals surface area contributed by atoms with Crippen molar-refractivity contribution < 1.29 is 4.79 Å². The van der Waals surface area contributed by atoms with Crippen molar-refractivity contribution in [2.24, 2.45) is 0 Å². The molecule has 28 heavy (non-hydrogen) atoms. The zero-order valence-electron chi connectivity index (χ0n) is 17.1. The molecule has 1 amide bonds. The van der Waals surface area contributed by atoms with Gasteiger partial charge < -0.3 is 9.88 Å². The number of benzene rings is 2. The summed E-state index contributed by atoms with van der Waals surface area (Å²) in [4.78, 5) is 30.3. The zero-order chi connectivity index (χ0) is 20.3. The first-order valence-electron chi connectivity index (χ1n) is 9.80. The molecular formula is C24H28N2O2. The van der Waals surface area contributed by atoms with E-state index >= 15 is 0 Å². The van der Waals surface area contributed by atoms with Crippen LogP contribution in [0.15, 0.2) is 59.4 Å². The van der Waals surface area contributed by atoms with Crippen molar-refractivity contribution in [1.82, 2.24) is 9.88 Å². The van der Waals surface area contributed by atoms with Crippen molar-refractivity contribution in [3.63, 3.8) is 0 Å². The molecule has 3 aromatic rings. The normalized spacial score (nSPS) is 11.6. The number of carbonyl (C=O) groups is 1. The first-order valence-corrected chi connectivity index (χ1v) is 9.80. The molecule has 1 heterocycles. The van der Waals surface area contributed by atoms with Crippen LogP contribution in [0.5, 0.6) is 0 Å². The summed E-state index contributed by atoms with van der Waals surface area (Å²) >= 11 is 0. The van der Waals surface area contributed by atoms with E-state index in [0.29, 0.717) is 24.2 Å². The minimum Gasteiger partial charge on any atom is -0.334 e. The number of hydrogen-bond acceptors (Lipinski definition) is 2. The van der Waals surface area contributed by atoms with Crippen molar-refractivity contribution in [2.45, 2.75) is 46.1 Å². The lowest BCUT2D eigenvalue weighted by Gasteiger charge is -2.23. The molecule has 146 valence electrons. The Balaban J connectivity index is 1.88. The third kappa shape index (κ3) is 4.33. The van der Waals surface area contributed by atoms with Gasteiger partial charge in [0.15, 0.2) is 0 Å². The molecule has 0 saturated heterocycles. The van der Waals surface area contributed by atoms with Gasteiger partial charge in [0.1, 0.15) is 0 Å². The number of amides is 1. The fraction of sp³-hybridized carbons (Fsp3) is 0.333. The second-order valence-corrected chi connectivity index (χ2v) is 8.27. The van der Waals surface area contributed by atoms with E-state index in [-0.39, 0.29) is 16.9 Å². The predicted molar refractivity (Wildman–Crippen MR) is 115 cm³/mol. The van der Waals surface area contributed by atoms with Crippen LogP contribution in [0.2, 0.25) is 0 Å². The molecule has 0 atom stereocenters. The Morgan fingerprint density at radius 1 is 1.04 bits per heavy atom. The van der Waals surface area contributed by atoms with E-state index in [1.165, 1.54) is 5.56 Å². The van der Waals surface area contributed by atoms with E-state index in [1.807, 2.05) is 61.5 Å². The third-order valence-electron chi connectivity index (χ3n) is 4.97. The smallest absolute Gasteiger partial charge is 0.254 e. The number of H-pyrrole nitrogens is 1. The topological polar surface area (TPSA) is 53.2 Å². The highest BCUT2D eigenvalue weighted by Gasteiger charge is 2.19. The highest BCUT2D eigenvalue weighted by molar-refractivity contribution is 5.94. The van der Waals surface area contributed by atoms with Gasteiger partial charge in [0.2, 0.25) is 0 Å². The average Bonchev–Trinajstić information content (AvgIpc) is 2.67. The molecule has 0 fully saturated rings. The number of carbonyl (C=O) groups excluding carboxylic acids is 1. The fourth-order valence-electron chi connectivity index (χ4n) is 3.33. The van der Waals surface area contributed by atoms with Gasteiger partial charge in [-0.15, -0.1) is 0 Å². The second-order valence-electron chi connectivity index (χ2n) is 8.27. The molecule has 4 nitrogen and oxygen atoms in total. The number of aromatic amines is 1. The van der Waals surface area contributed by atoms with E-state index in [0.717, 1.165) is 17.3 Å². The maximum absolute atomic E-state index is 13.1. The Kier molecular flexibility index (Phi) is 5.68. The van der Waals surface area contributed by atoms with Crippen LogP contribution in [0.4, 0.5) is 0 Å². The van der Waals surface area contributed by atoms with E-state index in [1.54, 1.807) is 4.90 Å². The number of para-hydroxylation sites is 1. The average molecular weight is 377 g/mol. The molecule has 0 unspecified atom stereocenters. The Morgan fingerprint density at radius 2 is 1.71 bits per heavy atom. The molecule has 0 spiro atoms. The molecule has 0 aliphatic heterocycles. The predicted octanol–water partition coefficient (Wildman–Crippen LogP) is 4.88. The van der Waals surface area contributed by atoms with Gasteiger partial charge in [-0.05, 0) is 47.1 Å². The Bertz CT molecular complexity index is 1030. The highest BCUT2D eigenvalue weighted by atomic mass is 16.2. The molecule has 0 bridgehead atoms. The molecule has 1 N–H and O–H groups in total. The summed E-state index contributed by atoms with van der Waals surface area (Å²) in [5, 5.41) is 0.968. The van der Waals surface area contributed by atoms with Crippen molar-refractivity contribution in [3.05, 3.63) is 81.6 Å². The Morgan fingerprint density at radius 3 is 2.36 bits per heavy atom. The van der Waals surface area contributed by atoms with Crippen LogP contribution in [0.25, 0.3) is 10.9 Å². The van der Waals surface area contributed by atoms with Crippen LogP contribution < -0.4 is 5.56 Å². The van der Waals surface area contributed by atoms with E-state index in [2.05, 4.69) is 25.8 Å². The van der Waals surface area contributed by atoms with Gasteiger partial charge in [-0.1, -0.05) is 58.0 Å². The van der Waals surface area contributed by atoms with Gasteiger partial charge >= 0.3 is 0 Å². The number of pyridine rings is 1. The van der Waals surface area contributed by atoms with E-state index in [9.17, 15) is 9.59 Å². The van der Waals surface area contributed by atoms with Crippen LogP contribution in [0.3, 0.4) is 0 Å². The molecule has 0 aliphatic rings. The van der Waals surface area contributed by atoms with E-state index < -0.39 is 0 Å². The minimum absolute atomic E-state index is 0.0447. The first kappa shape index (κ1) is 19.9. The number of fused-ring (bicyclic) bond motifs is 1. The van der Waals surface area contributed by atoms with Crippen molar-refractivity contribution in [1.29, 1.82) is 0 Å². The fourth-order valence-corrected chi connectivity index (χ4v) is 3.33. The zero-order valence-corrected chi connectivity index (χ0v) is 17.1. The molecule has 1 aromatic heterocycles. The standard InChI is InChI=1S/C24H28N2O2/c1-5-14-26(23(28)17-10-12-20(13-11-17)24(2,3)4)16-19-15-18-8-6-7-9-21(18)25-22(19)27/h6-13,15H,5,14,16H2,1-4H3,(H,25,27). The van der Waals surface area contributed by atoms with Crippen molar-refractivity contribution in [3.8, 4) is 0 Å². The Hall–Kier alpha value is -2.88. The molecule has 0 aliphatic carbocycles. The van der Waals surface area contributed by atoms with Crippen LogP contribution in [-0.4, -0.2) is 22.3 Å². The first-order chi connectivity index (χ1) is 13.3. The Labute approximate surface area is 166 Å². The monoisotopic (exact) mass is 376 g/mol. The van der Waals surface area contributed by atoms with Crippen LogP contribution in [-0.2, 0) is 12.0 Å². The van der Waals surface area contributed by atoms with Crippen LogP contribution in [0.1, 0.15) is 55.6 Å². The third-order valence-corrected chi connectivity index (χ3v) is 4.97. The lowest BCUT2D eigenvalue weighted by molar-refractivity contribution is 0.0742. The van der Waals surface area contributed by atoms with Crippen molar-refractivity contribution in [2.75, 3.05) is 6.54 Å². The maximum Gasteiger partial charge on any atom is 0.254 e. The molecule has 3 rings (SSSR count). The summed E-state index contributed by atoms with van der Waals surface area (Å²) in [7, 11) is 0. The molecular weight excluding hydrogens is 348 g/mol. The second kappa shape index (κ2) is 8.01. The molecule has 2 aromatic carbocycles. The van der Waals surface area contributed by atoms with Crippen LogP contribution >= 0.6 is 0 Å². The molecule has 0 saturated carbocycles. The van der Waals surface area contributed by atoms with Gasteiger partial charge in [0.25, 0.3) is 11.5 Å². The number of nitrogens with one attached hydrogen (secondary N) is 1. The summed E-state index contributed by atoms with van der Waals surface area (Å²) in [6.07, 6.45) is 0.831. The number of rotatable bonds is 5. The van der Waals surface area contributed by atoms with E-state index in [4.69, 9.17) is 0 Å². The number of aromatic nitrogens is 1. The van der Waals surface area contributed by atoms with Crippen LogP contribution in [0, 0.1) is 0 Å². The number of hydrogen-bond donors (Lipinski definition) is 1. The lowest BCUT2D eigenvalue weighted by Crippen LogP contribution is -2.33. The minimum atomic E-state index is -0.143. The van der Waals surface area contributed by atoms with Gasteiger partial charge in [-0.3, -0.25) is 9.59 Å². The summed E-state index contributed by atoms with van der Waals surface area (Å²) in [6, 6.07) is 17.4. The maximum atomic E-state index is 13.1. The summed E-state index contributed by atoms with van der Waals surface area (Å²) < 4.78 is 0. The lowest BCUT2D eigenvalue weighted by atomic mass is 9.86. The number of nitrogens with zero attached hydrogens (tertiary/aromatic N) is 1. The van der Waals surface area contributed by atoms with Gasteiger partial charge in [0, 0.05) is 23.2 Å². The quantitative estimate of drug-likeness (QED) is 0.690. The van der Waals surface area contributed by atoms with Gasteiger partial charge in [-0.2, -0.15) is 0 Å². The van der Waals surface area contributed by atoms with Crippen molar-refractivity contribution >= 4 is 16.8 Å². The highest BCUT2D eigenvalue weighted by Crippen LogP contribution is 2.23. The molecule has 0 radical (unpaired) electrons. The van der Waals surface area contributed by atoms with Gasteiger partial charge in [-0.25, -0.2) is 0 Å². The SMILES string of the molecule is CCCN(Cc1cc2ccccc2[nH]c1=O)C(=O)c1ccc(C(C)(C)C)cc1. The molecule has 4 heteroatoms. The summed E-state index contributed by atoms with van der Waals surface area (Å²) in [5.41, 5.74) is 3.16. The summed E-state index contributed by atoms with van der Waals surface area (Å²) in [6.45, 7) is 9.39. The van der Waals surface area contributed by atoms with Gasteiger partial charge in [0.05, 0.1) is 6.54 Å². The summed E-state index contributed by atoms with van der Waals surface area (Å²) in [5.74, 6) is -0.0464.